The molecule has 0 unspecified atom stereocenters. The summed E-state index contributed by atoms with van der Waals surface area (Å²) < 4.78 is 5.30. The molecule has 21 heavy (non-hydrogen) atoms. The van der Waals surface area contributed by atoms with Gasteiger partial charge in [-0.3, -0.25) is 15.0 Å². The third kappa shape index (κ3) is 3.71. The molecule has 0 bridgehead atoms. The standard InChI is InChI=1S/C15H22N2O4/c1-15(2,3)12-8-11(10-16-4-6-21-7-5-16)14(18)13(9-12)17(19)20/h8-9,18H,4-7,10H2,1-3H3. The SMILES string of the molecule is CC(C)(C)c1cc(CN2CCOCC2)c(O)c([N+](=O)[O-])c1. The van der Waals surface area contributed by atoms with E-state index in [-0.39, 0.29) is 16.9 Å². The summed E-state index contributed by atoms with van der Waals surface area (Å²) in [6, 6.07) is 3.34. The maximum atomic E-state index is 11.2. The summed E-state index contributed by atoms with van der Waals surface area (Å²) in [6.07, 6.45) is 0. The van der Waals surface area contributed by atoms with Crippen LogP contribution in [0.1, 0.15) is 31.9 Å². The minimum Gasteiger partial charge on any atom is -0.502 e. The van der Waals surface area contributed by atoms with Crippen LogP contribution in [0.4, 0.5) is 5.69 Å². The van der Waals surface area contributed by atoms with E-state index < -0.39 is 4.92 Å². The summed E-state index contributed by atoms with van der Waals surface area (Å²) in [7, 11) is 0. The van der Waals surface area contributed by atoms with Crippen LogP contribution >= 0.6 is 0 Å². The first-order chi connectivity index (χ1) is 9.79. The molecular weight excluding hydrogens is 272 g/mol. The minimum atomic E-state index is -0.520. The summed E-state index contributed by atoms with van der Waals surface area (Å²) in [6.45, 7) is 9.36. The van der Waals surface area contributed by atoms with Crippen molar-refractivity contribution in [1.82, 2.24) is 4.90 Å². The monoisotopic (exact) mass is 294 g/mol. The van der Waals surface area contributed by atoms with Gasteiger partial charge in [0, 0.05) is 31.3 Å². The molecule has 6 nitrogen and oxygen atoms in total. The van der Waals surface area contributed by atoms with Gasteiger partial charge in [-0.2, -0.15) is 0 Å². The van der Waals surface area contributed by atoms with Gasteiger partial charge < -0.3 is 9.84 Å². The molecular formula is C15H22N2O4. The van der Waals surface area contributed by atoms with E-state index in [1.807, 2.05) is 26.8 Å². The van der Waals surface area contributed by atoms with Crippen LogP contribution < -0.4 is 0 Å². The van der Waals surface area contributed by atoms with Crippen LogP contribution in [0.25, 0.3) is 0 Å². The number of hydrogen-bond acceptors (Lipinski definition) is 5. The van der Waals surface area contributed by atoms with Gasteiger partial charge in [0.1, 0.15) is 0 Å². The lowest BCUT2D eigenvalue weighted by atomic mass is 9.85. The number of rotatable bonds is 3. The number of hydrogen-bond donors (Lipinski definition) is 1. The van der Waals surface area contributed by atoms with Gasteiger partial charge >= 0.3 is 5.69 Å². The Morgan fingerprint density at radius 1 is 1.33 bits per heavy atom. The molecule has 0 aromatic heterocycles. The van der Waals surface area contributed by atoms with Crippen molar-refractivity contribution in [2.45, 2.75) is 32.7 Å². The summed E-state index contributed by atoms with van der Waals surface area (Å²) >= 11 is 0. The van der Waals surface area contributed by atoms with Gasteiger partial charge in [0.05, 0.1) is 18.1 Å². The molecule has 1 N–H and O–H groups in total. The number of phenols is 1. The lowest BCUT2D eigenvalue weighted by Gasteiger charge is -2.27. The first kappa shape index (κ1) is 15.7. The van der Waals surface area contributed by atoms with Gasteiger partial charge in [0.25, 0.3) is 0 Å². The molecule has 0 atom stereocenters. The number of nitro benzene ring substituents is 1. The average Bonchev–Trinajstić information content (AvgIpc) is 2.40. The topological polar surface area (TPSA) is 75.8 Å². The maximum Gasteiger partial charge on any atom is 0.311 e. The molecule has 2 rings (SSSR count). The number of ether oxygens (including phenoxy) is 1. The van der Waals surface area contributed by atoms with Crippen LogP contribution in [0.2, 0.25) is 0 Å². The summed E-state index contributed by atoms with van der Waals surface area (Å²) in [5, 5.41) is 21.3. The zero-order valence-corrected chi connectivity index (χ0v) is 12.8. The van der Waals surface area contributed by atoms with Crippen molar-refractivity contribution in [3.05, 3.63) is 33.4 Å². The number of nitrogens with zero attached hydrogens (tertiary/aromatic N) is 2. The van der Waals surface area contributed by atoms with E-state index in [0.29, 0.717) is 25.3 Å². The van der Waals surface area contributed by atoms with Gasteiger partial charge in [-0.25, -0.2) is 0 Å². The highest BCUT2D eigenvalue weighted by Gasteiger charge is 2.25. The van der Waals surface area contributed by atoms with Crippen LogP contribution in [-0.4, -0.2) is 41.2 Å². The van der Waals surface area contributed by atoms with E-state index >= 15 is 0 Å². The quantitative estimate of drug-likeness (QED) is 0.684. The molecule has 1 aliphatic rings. The summed E-state index contributed by atoms with van der Waals surface area (Å²) in [4.78, 5) is 12.8. The third-order valence-corrected chi connectivity index (χ3v) is 3.73. The van der Waals surface area contributed by atoms with E-state index in [1.165, 1.54) is 6.07 Å². The molecule has 6 heteroatoms. The fourth-order valence-electron chi connectivity index (χ4n) is 2.37. The molecule has 0 amide bonds. The average molecular weight is 294 g/mol. The Morgan fingerprint density at radius 2 is 1.95 bits per heavy atom. The highest BCUT2D eigenvalue weighted by Crippen LogP contribution is 2.36. The van der Waals surface area contributed by atoms with E-state index in [1.54, 1.807) is 0 Å². The Hall–Kier alpha value is -1.66. The zero-order chi connectivity index (χ0) is 15.6. The van der Waals surface area contributed by atoms with Crippen molar-refractivity contribution >= 4 is 5.69 Å². The number of nitro groups is 1. The molecule has 1 aliphatic heterocycles. The highest BCUT2D eigenvalue weighted by molar-refractivity contribution is 5.54. The van der Waals surface area contributed by atoms with E-state index in [9.17, 15) is 15.2 Å². The van der Waals surface area contributed by atoms with Gasteiger partial charge in [-0.15, -0.1) is 0 Å². The fourth-order valence-corrected chi connectivity index (χ4v) is 2.37. The Bertz CT molecular complexity index is 531. The molecule has 1 aromatic rings. The molecule has 0 radical (unpaired) electrons. The smallest absolute Gasteiger partial charge is 0.311 e. The first-order valence-electron chi connectivity index (χ1n) is 7.10. The lowest BCUT2D eigenvalue weighted by Crippen LogP contribution is -2.35. The Morgan fingerprint density at radius 3 is 2.48 bits per heavy atom. The Labute approximate surface area is 124 Å². The van der Waals surface area contributed by atoms with Gasteiger partial charge in [0.2, 0.25) is 0 Å². The minimum absolute atomic E-state index is 0.210. The largest absolute Gasteiger partial charge is 0.502 e. The van der Waals surface area contributed by atoms with E-state index in [0.717, 1.165) is 18.7 Å². The number of benzene rings is 1. The molecule has 0 spiro atoms. The van der Waals surface area contributed by atoms with Gasteiger partial charge in [-0.1, -0.05) is 20.8 Å². The van der Waals surface area contributed by atoms with E-state index in [2.05, 4.69) is 4.90 Å². The predicted octanol–water partition coefficient (Wildman–Crippen LogP) is 2.43. The molecule has 0 aliphatic carbocycles. The number of phenolic OH excluding ortho intramolecular Hbond substituents is 1. The van der Waals surface area contributed by atoms with E-state index in [4.69, 9.17) is 4.74 Å². The van der Waals surface area contributed by atoms with Crippen molar-refractivity contribution < 1.29 is 14.8 Å². The summed E-state index contributed by atoms with van der Waals surface area (Å²) in [5.41, 5.74) is 1.04. The predicted molar refractivity (Wildman–Crippen MR) is 79.6 cm³/mol. The maximum absolute atomic E-state index is 11.2. The second-order valence-electron chi connectivity index (χ2n) is 6.40. The molecule has 1 fully saturated rings. The highest BCUT2D eigenvalue weighted by atomic mass is 16.6. The second kappa shape index (κ2) is 5.99. The molecule has 0 saturated carbocycles. The van der Waals surface area contributed by atoms with Crippen LogP contribution in [0.15, 0.2) is 12.1 Å². The Balaban J connectivity index is 2.38. The zero-order valence-electron chi connectivity index (χ0n) is 12.8. The number of aromatic hydroxyl groups is 1. The van der Waals surface area contributed by atoms with Gasteiger partial charge in [0.15, 0.2) is 5.75 Å². The third-order valence-electron chi connectivity index (χ3n) is 3.73. The second-order valence-corrected chi connectivity index (χ2v) is 6.40. The number of morpholine rings is 1. The van der Waals surface area contributed by atoms with Crippen LogP contribution in [0.3, 0.4) is 0 Å². The normalized spacial score (nSPS) is 16.9. The lowest BCUT2D eigenvalue weighted by molar-refractivity contribution is -0.386. The van der Waals surface area contributed by atoms with Crippen molar-refractivity contribution in [3.63, 3.8) is 0 Å². The fraction of sp³-hybridized carbons (Fsp3) is 0.600. The van der Waals surface area contributed by atoms with Crippen LogP contribution in [-0.2, 0) is 16.7 Å². The molecule has 1 aromatic carbocycles. The van der Waals surface area contributed by atoms with Crippen molar-refractivity contribution in [2.24, 2.45) is 0 Å². The van der Waals surface area contributed by atoms with Crippen molar-refractivity contribution in [2.75, 3.05) is 26.3 Å². The molecule has 1 heterocycles. The van der Waals surface area contributed by atoms with Gasteiger partial charge in [-0.05, 0) is 17.0 Å². The van der Waals surface area contributed by atoms with Crippen LogP contribution in [0, 0.1) is 10.1 Å². The molecule has 1 saturated heterocycles. The van der Waals surface area contributed by atoms with Crippen molar-refractivity contribution in [3.8, 4) is 5.75 Å². The van der Waals surface area contributed by atoms with Crippen LogP contribution in [0.5, 0.6) is 5.75 Å². The first-order valence-corrected chi connectivity index (χ1v) is 7.10. The van der Waals surface area contributed by atoms with Crippen molar-refractivity contribution in [1.29, 1.82) is 0 Å². The summed E-state index contributed by atoms with van der Waals surface area (Å²) in [5.74, 6) is -0.223. The Kier molecular flexibility index (Phi) is 4.49. The molecule has 116 valence electrons.